The van der Waals surface area contributed by atoms with Gasteiger partial charge in [-0.3, -0.25) is 0 Å². The zero-order chi connectivity index (χ0) is 14.0. The second-order valence-electron chi connectivity index (χ2n) is 4.42. The Hall–Kier alpha value is -1.03. The average molecular weight is 306 g/mol. The third-order valence-electron chi connectivity index (χ3n) is 3.00. The van der Waals surface area contributed by atoms with Crippen LogP contribution in [0.3, 0.4) is 0 Å². The molecular formula is C10H14N2O5S2. The smallest absolute Gasteiger partial charge is 0.356 e. The molecule has 9 heteroatoms. The maximum atomic E-state index is 12.1. The molecule has 0 saturated heterocycles. The van der Waals surface area contributed by atoms with Crippen molar-refractivity contribution >= 4 is 27.3 Å². The zero-order valence-corrected chi connectivity index (χ0v) is 11.6. The standard InChI is InChI=1S/C10H14N2O5S2/c13-7-3-1-6(2-4-7)12-19(16,17)10-8(9(14)15)11-5-18-10/h5-7,12-13H,1-4H2,(H,14,15). The van der Waals surface area contributed by atoms with Gasteiger partial charge >= 0.3 is 5.97 Å². The molecular weight excluding hydrogens is 292 g/mol. The molecule has 1 heterocycles. The van der Waals surface area contributed by atoms with Crippen molar-refractivity contribution in [2.24, 2.45) is 0 Å². The Labute approximate surface area is 114 Å². The van der Waals surface area contributed by atoms with Gasteiger partial charge in [0.05, 0.1) is 11.6 Å². The molecule has 106 valence electrons. The minimum atomic E-state index is -3.87. The highest BCUT2D eigenvalue weighted by Gasteiger charge is 2.29. The van der Waals surface area contributed by atoms with Gasteiger partial charge in [0.15, 0.2) is 9.90 Å². The fraction of sp³-hybridized carbons (Fsp3) is 0.600. The van der Waals surface area contributed by atoms with Crippen LogP contribution in [-0.2, 0) is 10.0 Å². The number of hydrogen-bond donors (Lipinski definition) is 3. The van der Waals surface area contributed by atoms with Crippen LogP contribution in [0, 0.1) is 0 Å². The Balaban J connectivity index is 2.14. The number of aromatic nitrogens is 1. The van der Waals surface area contributed by atoms with E-state index in [9.17, 15) is 18.3 Å². The van der Waals surface area contributed by atoms with Crippen molar-refractivity contribution in [2.45, 2.75) is 42.0 Å². The minimum Gasteiger partial charge on any atom is -0.476 e. The molecule has 1 fully saturated rings. The van der Waals surface area contributed by atoms with E-state index in [2.05, 4.69) is 9.71 Å². The number of carboxylic acid groups (broad SMARTS) is 1. The Morgan fingerprint density at radius 2 is 2.00 bits per heavy atom. The number of aliphatic hydroxyl groups is 1. The van der Waals surface area contributed by atoms with Crippen molar-refractivity contribution in [1.82, 2.24) is 9.71 Å². The highest BCUT2D eigenvalue weighted by atomic mass is 32.2. The number of nitrogens with one attached hydrogen (secondary N) is 1. The lowest BCUT2D eigenvalue weighted by Gasteiger charge is -2.25. The van der Waals surface area contributed by atoms with Crippen LogP contribution in [0.1, 0.15) is 36.2 Å². The number of nitrogens with zero attached hydrogens (tertiary/aromatic N) is 1. The van der Waals surface area contributed by atoms with Gasteiger partial charge in [-0.25, -0.2) is 22.9 Å². The summed E-state index contributed by atoms with van der Waals surface area (Å²) < 4.78 is 26.4. The van der Waals surface area contributed by atoms with Gasteiger partial charge in [-0.15, -0.1) is 11.3 Å². The zero-order valence-electron chi connectivity index (χ0n) is 9.94. The third kappa shape index (κ3) is 3.30. The number of thiazole rings is 1. The molecule has 0 aliphatic heterocycles. The molecule has 19 heavy (non-hydrogen) atoms. The monoisotopic (exact) mass is 306 g/mol. The summed E-state index contributed by atoms with van der Waals surface area (Å²) in [4.78, 5) is 14.4. The molecule has 1 aromatic heterocycles. The first-order valence-corrected chi connectivity index (χ1v) is 8.13. The van der Waals surface area contributed by atoms with Crippen LogP contribution in [-0.4, -0.2) is 41.7 Å². The van der Waals surface area contributed by atoms with Gasteiger partial charge in [-0.1, -0.05) is 0 Å². The Morgan fingerprint density at radius 1 is 1.37 bits per heavy atom. The summed E-state index contributed by atoms with van der Waals surface area (Å²) in [6.07, 6.45) is 1.80. The summed E-state index contributed by atoms with van der Waals surface area (Å²) in [6.45, 7) is 0. The first kappa shape index (κ1) is 14.4. The summed E-state index contributed by atoms with van der Waals surface area (Å²) in [5.41, 5.74) is 0.746. The molecule has 0 atom stereocenters. The van der Waals surface area contributed by atoms with Crippen LogP contribution >= 0.6 is 11.3 Å². The lowest BCUT2D eigenvalue weighted by Crippen LogP contribution is -2.38. The van der Waals surface area contributed by atoms with Gasteiger partial charge < -0.3 is 10.2 Å². The van der Waals surface area contributed by atoms with Crippen molar-refractivity contribution in [3.05, 3.63) is 11.2 Å². The Bertz CT molecular complexity index is 560. The molecule has 1 aliphatic rings. The van der Waals surface area contributed by atoms with Crippen LogP contribution < -0.4 is 4.72 Å². The Kier molecular flexibility index (Phi) is 4.19. The van der Waals surface area contributed by atoms with Crippen molar-refractivity contribution in [3.8, 4) is 0 Å². The normalized spacial score (nSPS) is 24.3. The molecule has 7 nitrogen and oxygen atoms in total. The van der Waals surface area contributed by atoms with Crippen molar-refractivity contribution in [3.63, 3.8) is 0 Å². The summed E-state index contributed by atoms with van der Waals surface area (Å²) in [6, 6.07) is -0.267. The van der Waals surface area contributed by atoms with Crippen molar-refractivity contribution in [1.29, 1.82) is 0 Å². The largest absolute Gasteiger partial charge is 0.476 e. The highest BCUT2D eigenvalue weighted by molar-refractivity contribution is 7.91. The van der Waals surface area contributed by atoms with E-state index in [-0.39, 0.29) is 16.4 Å². The molecule has 0 aromatic carbocycles. The maximum Gasteiger partial charge on any atom is 0.356 e. The van der Waals surface area contributed by atoms with Crippen molar-refractivity contribution < 1.29 is 23.4 Å². The van der Waals surface area contributed by atoms with Gasteiger partial charge in [0.2, 0.25) is 0 Å². The highest BCUT2D eigenvalue weighted by Crippen LogP contribution is 2.24. The number of hydrogen-bond acceptors (Lipinski definition) is 6. The van der Waals surface area contributed by atoms with Crippen LogP contribution in [0.15, 0.2) is 9.72 Å². The van der Waals surface area contributed by atoms with E-state index in [0.29, 0.717) is 25.7 Å². The predicted molar refractivity (Wildman–Crippen MR) is 67.7 cm³/mol. The van der Waals surface area contributed by atoms with Gasteiger partial charge in [0.25, 0.3) is 10.0 Å². The molecule has 1 aromatic rings. The van der Waals surface area contributed by atoms with E-state index >= 15 is 0 Å². The lowest BCUT2D eigenvalue weighted by molar-refractivity contribution is 0.0687. The molecule has 0 unspecified atom stereocenters. The number of sulfonamides is 1. The van der Waals surface area contributed by atoms with Crippen molar-refractivity contribution in [2.75, 3.05) is 0 Å². The fourth-order valence-electron chi connectivity index (χ4n) is 2.04. The van der Waals surface area contributed by atoms with Crippen LogP contribution in [0.2, 0.25) is 0 Å². The topological polar surface area (TPSA) is 117 Å². The molecule has 0 spiro atoms. The van der Waals surface area contributed by atoms with Crippen LogP contribution in [0.4, 0.5) is 0 Å². The van der Waals surface area contributed by atoms with Crippen LogP contribution in [0.5, 0.6) is 0 Å². The van der Waals surface area contributed by atoms with E-state index in [1.165, 1.54) is 5.51 Å². The molecule has 3 N–H and O–H groups in total. The van der Waals surface area contributed by atoms with Gasteiger partial charge in [0.1, 0.15) is 0 Å². The van der Waals surface area contributed by atoms with Gasteiger partial charge in [0, 0.05) is 6.04 Å². The fourth-order valence-corrected chi connectivity index (χ4v) is 4.50. The third-order valence-corrected chi connectivity index (χ3v) is 5.89. The molecule has 1 saturated carbocycles. The van der Waals surface area contributed by atoms with Crippen LogP contribution in [0.25, 0.3) is 0 Å². The number of carbonyl (C=O) groups is 1. The van der Waals surface area contributed by atoms with Gasteiger partial charge in [-0.2, -0.15) is 0 Å². The van der Waals surface area contributed by atoms with E-state index in [1.54, 1.807) is 0 Å². The number of aromatic carboxylic acids is 1. The SMILES string of the molecule is O=C(O)c1ncsc1S(=O)(=O)NC1CCC(O)CC1. The first-order chi connectivity index (χ1) is 8.90. The molecule has 1 aliphatic carbocycles. The maximum absolute atomic E-state index is 12.1. The Morgan fingerprint density at radius 3 is 2.58 bits per heavy atom. The minimum absolute atomic E-state index is 0.267. The summed E-state index contributed by atoms with van der Waals surface area (Å²) in [5, 5.41) is 18.2. The quantitative estimate of drug-likeness (QED) is 0.742. The average Bonchev–Trinajstić information content (AvgIpc) is 2.82. The number of carboxylic acids is 1. The lowest BCUT2D eigenvalue weighted by atomic mass is 9.94. The first-order valence-electron chi connectivity index (χ1n) is 5.77. The predicted octanol–water partition coefficient (Wildman–Crippen LogP) is 0.423. The van der Waals surface area contributed by atoms with E-state index in [0.717, 1.165) is 11.3 Å². The molecule has 0 amide bonds. The number of aliphatic hydroxyl groups excluding tert-OH is 1. The van der Waals surface area contributed by atoms with Gasteiger partial charge in [-0.05, 0) is 25.7 Å². The molecule has 2 rings (SSSR count). The molecule has 0 bridgehead atoms. The second kappa shape index (κ2) is 5.53. The van der Waals surface area contributed by atoms with E-state index in [4.69, 9.17) is 5.11 Å². The molecule has 0 radical (unpaired) electrons. The summed E-state index contributed by atoms with van der Waals surface area (Å²) in [7, 11) is -3.87. The summed E-state index contributed by atoms with van der Waals surface area (Å²) in [5.74, 6) is -1.36. The van der Waals surface area contributed by atoms with E-state index in [1.807, 2.05) is 0 Å². The van der Waals surface area contributed by atoms with E-state index < -0.39 is 21.7 Å². The summed E-state index contributed by atoms with van der Waals surface area (Å²) >= 11 is 0.782. The second-order valence-corrected chi connectivity index (χ2v) is 7.18. The number of rotatable bonds is 4.